The second kappa shape index (κ2) is 14.7. The maximum Gasteiger partial charge on any atom is 0.112 e. The molecule has 3 aromatic carbocycles. The van der Waals surface area contributed by atoms with Gasteiger partial charge in [-0.3, -0.25) is 0 Å². The molecule has 0 aromatic heterocycles. The van der Waals surface area contributed by atoms with Crippen LogP contribution < -0.4 is 15.9 Å². The van der Waals surface area contributed by atoms with Crippen LogP contribution in [0.3, 0.4) is 0 Å². The molecule has 0 saturated carbocycles. The van der Waals surface area contributed by atoms with Crippen LogP contribution in [0.2, 0.25) is 0 Å². The van der Waals surface area contributed by atoms with E-state index in [9.17, 15) is 0 Å². The van der Waals surface area contributed by atoms with Crippen molar-refractivity contribution in [2.45, 2.75) is 65.2 Å². The molecule has 172 valence electrons. The summed E-state index contributed by atoms with van der Waals surface area (Å²) in [4.78, 5) is 0. The summed E-state index contributed by atoms with van der Waals surface area (Å²) >= 11 is 0. The molecule has 0 aliphatic rings. The van der Waals surface area contributed by atoms with Gasteiger partial charge in [0.15, 0.2) is 0 Å². The van der Waals surface area contributed by atoms with Crippen LogP contribution in [0.15, 0.2) is 91.0 Å². The molecule has 32 heavy (non-hydrogen) atoms. The molecule has 0 N–H and O–H groups in total. The zero-order chi connectivity index (χ0) is 21.8. The van der Waals surface area contributed by atoms with E-state index in [1.807, 2.05) is 0 Å². The summed E-state index contributed by atoms with van der Waals surface area (Å²) in [5.74, 6) is 0.896. The fraction of sp³-hybridized carbons (Fsp3) is 0.400. The number of unbranched alkanes of at least 4 members (excludes halogenated alkanes) is 5. The fourth-order valence-corrected chi connectivity index (χ4v) is 9.05. The Bertz CT molecular complexity index is 751. The first-order chi connectivity index (χ1) is 15.3. The molecule has 0 radical (unpaired) electrons. The minimum Gasteiger partial charge on any atom is -0.114 e. The Morgan fingerprint density at radius 2 is 0.938 bits per heavy atom. The van der Waals surface area contributed by atoms with Crippen molar-refractivity contribution in [1.82, 2.24) is 0 Å². The van der Waals surface area contributed by atoms with Gasteiger partial charge in [-0.25, -0.2) is 0 Å². The fourth-order valence-electron chi connectivity index (χ4n) is 4.63. The van der Waals surface area contributed by atoms with Crippen molar-refractivity contribution in [2.24, 2.45) is 5.92 Å². The van der Waals surface area contributed by atoms with E-state index in [2.05, 4.69) is 105 Å². The maximum absolute atomic E-state index is 2.39. The molecule has 0 spiro atoms. The van der Waals surface area contributed by atoms with Gasteiger partial charge in [-0.2, -0.15) is 0 Å². The van der Waals surface area contributed by atoms with E-state index in [0.717, 1.165) is 5.92 Å². The lowest BCUT2D eigenvalue weighted by Crippen LogP contribution is -2.33. The first-order valence-electron chi connectivity index (χ1n) is 12.3. The smallest absolute Gasteiger partial charge is 0.112 e. The Kier molecular flexibility index (Phi) is 12.3. The number of rotatable bonds is 13. The van der Waals surface area contributed by atoms with Crippen LogP contribution in [-0.4, -0.2) is 6.16 Å². The summed E-state index contributed by atoms with van der Waals surface area (Å²) in [7, 11) is -1.63. The van der Waals surface area contributed by atoms with Gasteiger partial charge in [0.2, 0.25) is 0 Å². The van der Waals surface area contributed by atoms with Gasteiger partial charge in [0.1, 0.15) is 23.2 Å². The predicted octanol–water partition coefficient (Wildman–Crippen LogP) is 8.34. The molecule has 0 fully saturated rings. The van der Waals surface area contributed by atoms with Crippen LogP contribution in [0.5, 0.6) is 0 Å². The first kappa shape index (κ1) is 26.8. The second-order valence-corrected chi connectivity index (χ2v) is 12.6. The van der Waals surface area contributed by atoms with E-state index in [0.29, 0.717) is 0 Å². The van der Waals surface area contributed by atoms with E-state index in [1.165, 1.54) is 73.4 Å². The van der Waals surface area contributed by atoms with Crippen molar-refractivity contribution < 1.29 is 0 Å². The highest BCUT2D eigenvalue weighted by molar-refractivity contribution is 8.93. The lowest BCUT2D eigenvalue weighted by Gasteiger charge is -2.27. The normalized spacial score (nSPS) is 12.2. The molecular weight excluding hydrogens is 471 g/mol. The molecule has 1 unspecified atom stereocenters. The van der Waals surface area contributed by atoms with E-state index >= 15 is 0 Å². The molecule has 0 nitrogen and oxygen atoms in total. The quantitative estimate of drug-likeness (QED) is 0.160. The van der Waals surface area contributed by atoms with Crippen molar-refractivity contribution in [3.05, 3.63) is 91.0 Å². The van der Waals surface area contributed by atoms with Crippen LogP contribution in [0.4, 0.5) is 0 Å². The van der Waals surface area contributed by atoms with Gasteiger partial charge in [-0.1, -0.05) is 107 Å². The summed E-state index contributed by atoms with van der Waals surface area (Å²) in [6, 6.07) is 33.9. The van der Waals surface area contributed by atoms with Crippen LogP contribution >= 0.6 is 24.2 Å². The molecule has 1 atom stereocenters. The number of hydrogen-bond acceptors (Lipinski definition) is 0. The summed E-state index contributed by atoms with van der Waals surface area (Å²) in [5, 5.41) is 4.54. The summed E-state index contributed by atoms with van der Waals surface area (Å²) in [6.07, 6.45) is 12.2. The maximum atomic E-state index is 2.39. The molecule has 0 aliphatic carbocycles. The zero-order valence-electron chi connectivity index (χ0n) is 20.0. The monoisotopic (exact) mass is 511 g/mol. The number of benzene rings is 3. The molecule has 3 aromatic rings. The second-order valence-electron chi connectivity index (χ2n) is 8.96. The SMILES string of the molecule is Br.CCC(C)CCCCCCCC[P+](c1ccccc1)(c1ccccc1)c1ccccc1. The average Bonchev–Trinajstić information content (AvgIpc) is 2.85. The van der Waals surface area contributed by atoms with Crippen molar-refractivity contribution >= 4 is 40.2 Å². The molecule has 2 heteroatoms. The van der Waals surface area contributed by atoms with Crippen molar-refractivity contribution in [3.63, 3.8) is 0 Å². The summed E-state index contributed by atoms with van der Waals surface area (Å²) in [6.45, 7) is 4.70. The largest absolute Gasteiger partial charge is 0.114 e. The van der Waals surface area contributed by atoms with Gasteiger partial charge >= 0.3 is 0 Å². The Balaban J connectivity index is 0.00000363. The van der Waals surface area contributed by atoms with E-state index in [4.69, 9.17) is 0 Å². The molecule has 0 bridgehead atoms. The third-order valence-electron chi connectivity index (χ3n) is 6.73. The zero-order valence-corrected chi connectivity index (χ0v) is 22.6. The molecule has 0 saturated heterocycles. The third-order valence-corrected chi connectivity index (χ3v) is 11.3. The van der Waals surface area contributed by atoms with Crippen LogP contribution in [-0.2, 0) is 0 Å². The highest BCUT2D eigenvalue weighted by Crippen LogP contribution is 2.55. The number of hydrogen-bond donors (Lipinski definition) is 0. The topological polar surface area (TPSA) is 0 Å². The van der Waals surface area contributed by atoms with Crippen LogP contribution in [0.1, 0.15) is 65.2 Å². The molecule has 0 aliphatic heterocycles. The van der Waals surface area contributed by atoms with E-state index in [-0.39, 0.29) is 17.0 Å². The van der Waals surface area contributed by atoms with Gasteiger partial charge in [-0.15, -0.1) is 17.0 Å². The first-order valence-corrected chi connectivity index (χ1v) is 14.3. The van der Waals surface area contributed by atoms with Crippen LogP contribution in [0.25, 0.3) is 0 Å². The molecule has 0 heterocycles. The van der Waals surface area contributed by atoms with E-state index < -0.39 is 7.26 Å². The summed E-state index contributed by atoms with van der Waals surface area (Å²) < 4.78 is 0. The molecule has 3 rings (SSSR count). The van der Waals surface area contributed by atoms with Gasteiger partial charge in [0.05, 0.1) is 6.16 Å². The van der Waals surface area contributed by atoms with Gasteiger partial charge in [0.25, 0.3) is 0 Å². The summed E-state index contributed by atoms with van der Waals surface area (Å²) in [5.41, 5.74) is 0. The standard InChI is InChI=1S/C30H40P.BrH/c1-3-27(2)19-11-6-4-5-7-18-26-31(28-20-12-8-13-21-28,29-22-14-9-15-23-29)30-24-16-10-17-25-30;/h8-10,12-17,20-25,27H,3-7,11,18-19,26H2,1-2H3;1H/q+1;. The van der Waals surface area contributed by atoms with Crippen molar-refractivity contribution in [3.8, 4) is 0 Å². The molecular formula is C30H41BrP+. The number of halogens is 1. The van der Waals surface area contributed by atoms with E-state index in [1.54, 1.807) is 0 Å². The average molecular weight is 513 g/mol. The van der Waals surface area contributed by atoms with Crippen LogP contribution in [0, 0.1) is 5.92 Å². The van der Waals surface area contributed by atoms with Crippen molar-refractivity contribution in [2.75, 3.05) is 6.16 Å². The lowest BCUT2D eigenvalue weighted by molar-refractivity contribution is 0.472. The highest BCUT2D eigenvalue weighted by Gasteiger charge is 2.44. The third kappa shape index (κ3) is 7.29. The Hall–Kier alpha value is -1.43. The predicted molar refractivity (Wildman–Crippen MR) is 152 cm³/mol. The Morgan fingerprint density at radius 3 is 1.34 bits per heavy atom. The van der Waals surface area contributed by atoms with Gasteiger partial charge < -0.3 is 0 Å². The highest BCUT2D eigenvalue weighted by atomic mass is 79.9. The van der Waals surface area contributed by atoms with Crippen molar-refractivity contribution in [1.29, 1.82) is 0 Å². The van der Waals surface area contributed by atoms with Gasteiger partial charge in [-0.05, 0) is 55.2 Å². The minimum absolute atomic E-state index is 0. The molecule has 0 amide bonds. The lowest BCUT2D eigenvalue weighted by atomic mass is 10.00. The Labute approximate surface area is 208 Å². The van der Waals surface area contributed by atoms with Gasteiger partial charge in [0, 0.05) is 0 Å². The minimum atomic E-state index is -1.63. The Morgan fingerprint density at radius 1 is 0.562 bits per heavy atom.